The van der Waals surface area contributed by atoms with E-state index in [0.29, 0.717) is 11.7 Å². The van der Waals surface area contributed by atoms with Crippen molar-refractivity contribution in [2.45, 2.75) is 39.2 Å². The van der Waals surface area contributed by atoms with Crippen molar-refractivity contribution in [2.75, 3.05) is 24.4 Å². The predicted octanol–water partition coefficient (Wildman–Crippen LogP) is 2.50. The summed E-state index contributed by atoms with van der Waals surface area (Å²) < 4.78 is 1.72. The van der Waals surface area contributed by atoms with Gasteiger partial charge in [-0.1, -0.05) is 13.3 Å². The maximum atomic E-state index is 12.1. The Morgan fingerprint density at radius 2 is 2.17 bits per heavy atom. The first-order valence-electron chi connectivity index (χ1n) is 6.53. The van der Waals surface area contributed by atoms with Gasteiger partial charge in [-0.15, -0.1) is 11.6 Å². The van der Waals surface area contributed by atoms with Crippen molar-refractivity contribution >= 4 is 17.4 Å². The average Bonchev–Trinajstić information content (AvgIpc) is 2.37. The van der Waals surface area contributed by atoms with Gasteiger partial charge in [0.2, 0.25) is 0 Å². The zero-order chi connectivity index (χ0) is 13.4. The highest BCUT2D eigenvalue weighted by Gasteiger charge is 2.08. The van der Waals surface area contributed by atoms with Crippen molar-refractivity contribution in [2.24, 2.45) is 0 Å². The maximum absolute atomic E-state index is 12.1. The number of hydrogen-bond donors (Lipinski definition) is 0. The van der Waals surface area contributed by atoms with E-state index >= 15 is 0 Å². The number of anilines is 1. The molecule has 18 heavy (non-hydrogen) atoms. The summed E-state index contributed by atoms with van der Waals surface area (Å²) in [7, 11) is 1.92. The van der Waals surface area contributed by atoms with Gasteiger partial charge in [-0.25, -0.2) is 4.98 Å². The Hall–Kier alpha value is -1.03. The topological polar surface area (TPSA) is 38.1 Å². The molecule has 0 aromatic carbocycles. The fourth-order valence-electron chi connectivity index (χ4n) is 1.84. The first-order valence-corrected chi connectivity index (χ1v) is 7.06. The molecule has 0 saturated carbocycles. The van der Waals surface area contributed by atoms with Gasteiger partial charge in [-0.05, 0) is 19.3 Å². The van der Waals surface area contributed by atoms with Crippen LogP contribution in [-0.2, 0) is 6.54 Å². The summed E-state index contributed by atoms with van der Waals surface area (Å²) in [6, 6.07) is 0. The standard InChI is InChI=1S/C13H22ClN3O/c1-3-9-17-11-8-15-12(13(17)18)16(2)10-6-4-5-7-14/h8,11H,3-7,9-10H2,1-2H3. The quantitative estimate of drug-likeness (QED) is 0.539. The van der Waals surface area contributed by atoms with Crippen LogP contribution >= 0.6 is 11.6 Å². The van der Waals surface area contributed by atoms with E-state index in [1.54, 1.807) is 17.0 Å². The molecule has 0 fully saturated rings. The molecule has 0 bridgehead atoms. The lowest BCUT2D eigenvalue weighted by Crippen LogP contribution is -2.31. The van der Waals surface area contributed by atoms with Gasteiger partial charge in [0.15, 0.2) is 5.82 Å². The third-order valence-corrected chi connectivity index (χ3v) is 3.12. The molecule has 0 unspecified atom stereocenters. The minimum absolute atomic E-state index is 0.000747. The van der Waals surface area contributed by atoms with Crippen LogP contribution in [0.3, 0.4) is 0 Å². The first-order chi connectivity index (χ1) is 8.70. The minimum Gasteiger partial charge on any atom is -0.355 e. The summed E-state index contributed by atoms with van der Waals surface area (Å²) >= 11 is 5.64. The normalized spacial score (nSPS) is 10.6. The Bertz CT molecular complexity index is 405. The van der Waals surface area contributed by atoms with E-state index in [-0.39, 0.29) is 5.56 Å². The fourth-order valence-corrected chi connectivity index (χ4v) is 2.03. The van der Waals surface area contributed by atoms with E-state index in [9.17, 15) is 4.79 Å². The molecule has 0 aliphatic rings. The molecule has 0 radical (unpaired) electrons. The zero-order valence-corrected chi connectivity index (χ0v) is 12.0. The molecule has 1 heterocycles. The van der Waals surface area contributed by atoms with Crippen LogP contribution in [0, 0.1) is 0 Å². The number of aromatic nitrogens is 2. The summed E-state index contributed by atoms with van der Waals surface area (Å²) in [4.78, 5) is 18.2. The molecule has 0 spiro atoms. The largest absolute Gasteiger partial charge is 0.355 e. The number of alkyl halides is 1. The van der Waals surface area contributed by atoms with Crippen molar-refractivity contribution < 1.29 is 0 Å². The van der Waals surface area contributed by atoms with Crippen LogP contribution in [-0.4, -0.2) is 29.0 Å². The second kappa shape index (κ2) is 8.14. The molecule has 0 atom stereocenters. The molecule has 1 aromatic heterocycles. The van der Waals surface area contributed by atoms with E-state index in [4.69, 9.17) is 11.6 Å². The number of hydrogen-bond acceptors (Lipinski definition) is 3. The number of unbranched alkanes of at least 4 members (excludes halogenated alkanes) is 2. The summed E-state index contributed by atoms with van der Waals surface area (Å²) in [5, 5.41) is 0. The van der Waals surface area contributed by atoms with Crippen molar-refractivity contribution in [3.8, 4) is 0 Å². The Balaban J connectivity index is 2.64. The van der Waals surface area contributed by atoms with Crippen LogP contribution in [0.5, 0.6) is 0 Å². The highest BCUT2D eigenvalue weighted by atomic mass is 35.5. The SMILES string of the molecule is CCCn1ccnc(N(C)CCCCCCl)c1=O. The molecule has 1 rings (SSSR count). The lowest BCUT2D eigenvalue weighted by atomic mass is 10.2. The van der Waals surface area contributed by atoms with E-state index in [1.807, 2.05) is 11.9 Å². The lowest BCUT2D eigenvalue weighted by Gasteiger charge is -2.18. The monoisotopic (exact) mass is 271 g/mol. The van der Waals surface area contributed by atoms with Crippen LogP contribution in [0.4, 0.5) is 5.82 Å². The number of aryl methyl sites for hydroxylation is 1. The molecule has 1 aromatic rings. The van der Waals surface area contributed by atoms with E-state index in [1.165, 1.54) is 0 Å². The summed E-state index contributed by atoms with van der Waals surface area (Å²) in [6.07, 6.45) is 7.54. The van der Waals surface area contributed by atoms with Gasteiger partial charge in [0.1, 0.15) is 0 Å². The lowest BCUT2D eigenvalue weighted by molar-refractivity contribution is 0.639. The molecule has 0 aliphatic carbocycles. The zero-order valence-electron chi connectivity index (χ0n) is 11.2. The van der Waals surface area contributed by atoms with Gasteiger partial charge in [-0.3, -0.25) is 4.79 Å². The van der Waals surface area contributed by atoms with Crippen molar-refractivity contribution in [3.63, 3.8) is 0 Å². The third-order valence-electron chi connectivity index (χ3n) is 2.85. The van der Waals surface area contributed by atoms with E-state index in [2.05, 4.69) is 11.9 Å². The number of halogens is 1. The molecule has 5 heteroatoms. The molecule has 0 saturated heterocycles. The number of rotatable bonds is 8. The Kier molecular flexibility index (Phi) is 6.80. The first kappa shape index (κ1) is 15.0. The van der Waals surface area contributed by atoms with Crippen LogP contribution < -0.4 is 10.5 Å². The predicted molar refractivity (Wildman–Crippen MR) is 76.6 cm³/mol. The maximum Gasteiger partial charge on any atom is 0.293 e. The van der Waals surface area contributed by atoms with Gasteiger partial charge >= 0.3 is 0 Å². The highest BCUT2D eigenvalue weighted by Crippen LogP contribution is 2.04. The van der Waals surface area contributed by atoms with Gasteiger partial charge in [0.25, 0.3) is 5.56 Å². The van der Waals surface area contributed by atoms with Crippen molar-refractivity contribution in [1.82, 2.24) is 9.55 Å². The van der Waals surface area contributed by atoms with Crippen LogP contribution in [0.1, 0.15) is 32.6 Å². The fraction of sp³-hybridized carbons (Fsp3) is 0.692. The molecule has 4 nitrogen and oxygen atoms in total. The van der Waals surface area contributed by atoms with Crippen molar-refractivity contribution in [3.05, 3.63) is 22.7 Å². The van der Waals surface area contributed by atoms with Crippen LogP contribution in [0.2, 0.25) is 0 Å². The molecule has 0 aliphatic heterocycles. The third kappa shape index (κ3) is 4.33. The van der Waals surface area contributed by atoms with Gasteiger partial charge in [0, 0.05) is 38.4 Å². The molecule has 0 N–H and O–H groups in total. The van der Waals surface area contributed by atoms with E-state index < -0.39 is 0 Å². The van der Waals surface area contributed by atoms with Gasteiger partial charge in [-0.2, -0.15) is 0 Å². The minimum atomic E-state index is -0.000747. The Morgan fingerprint density at radius 1 is 1.39 bits per heavy atom. The molecule has 102 valence electrons. The molecular weight excluding hydrogens is 250 g/mol. The Labute approximate surface area is 114 Å². The van der Waals surface area contributed by atoms with E-state index in [0.717, 1.165) is 38.8 Å². The van der Waals surface area contributed by atoms with Gasteiger partial charge in [0.05, 0.1) is 0 Å². The summed E-state index contributed by atoms with van der Waals surface area (Å²) in [5.41, 5.74) is -0.000747. The smallest absolute Gasteiger partial charge is 0.293 e. The van der Waals surface area contributed by atoms with Crippen molar-refractivity contribution in [1.29, 1.82) is 0 Å². The second-order valence-corrected chi connectivity index (χ2v) is 4.80. The Morgan fingerprint density at radius 3 is 2.83 bits per heavy atom. The highest BCUT2D eigenvalue weighted by molar-refractivity contribution is 6.17. The van der Waals surface area contributed by atoms with Crippen LogP contribution in [0.15, 0.2) is 17.2 Å². The molecular formula is C13H22ClN3O. The average molecular weight is 272 g/mol. The molecule has 0 amide bonds. The van der Waals surface area contributed by atoms with Crippen LogP contribution in [0.25, 0.3) is 0 Å². The number of nitrogens with zero attached hydrogens (tertiary/aromatic N) is 3. The second-order valence-electron chi connectivity index (χ2n) is 4.42. The summed E-state index contributed by atoms with van der Waals surface area (Å²) in [6.45, 7) is 3.64. The van der Waals surface area contributed by atoms with Gasteiger partial charge < -0.3 is 9.47 Å². The summed E-state index contributed by atoms with van der Waals surface area (Å²) in [5.74, 6) is 1.24.